The molecule has 2 heteroatoms. The van der Waals surface area contributed by atoms with Gasteiger partial charge in [-0.15, -0.1) is 0 Å². The van der Waals surface area contributed by atoms with Gasteiger partial charge in [0.15, 0.2) is 0 Å². The van der Waals surface area contributed by atoms with Gasteiger partial charge in [0.05, 0.1) is 5.02 Å². The molecular weight excluding hydrogens is 244 g/mol. The molecule has 0 bridgehead atoms. The minimum Gasteiger partial charge on any atom is -0.484 e. The van der Waals surface area contributed by atoms with Crippen molar-refractivity contribution in [2.45, 2.75) is 18.9 Å². The summed E-state index contributed by atoms with van der Waals surface area (Å²) in [4.78, 5) is 0. The topological polar surface area (TPSA) is 9.23 Å². The fraction of sp³-hybridized carbons (Fsp3) is 0.250. The first-order valence-electron chi connectivity index (χ1n) is 6.22. The normalized spacial score (nSPS) is 16.3. The molecule has 1 atom stereocenters. The number of hydrogen-bond donors (Lipinski definition) is 0. The van der Waals surface area contributed by atoms with E-state index in [1.165, 1.54) is 18.4 Å². The van der Waals surface area contributed by atoms with Crippen molar-refractivity contribution in [1.29, 1.82) is 0 Å². The van der Waals surface area contributed by atoms with E-state index >= 15 is 0 Å². The lowest BCUT2D eigenvalue weighted by molar-refractivity contribution is 0.181. The maximum absolute atomic E-state index is 6.12. The van der Waals surface area contributed by atoms with Crippen LogP contribution in [-0.4, -0.2) is 0 Å². The highest BCUT2D eigenvalue weighted by molar-refractivity contribution is 6.32. The Morgan fingerprint density at radius 1 is 1.17 bits per heavy atom. The Kier molecular flexibility index (Phi) is 3.24. The molecule has 0 aromatic heterocycles. The Morgan fingerprint density at radius 3 is 2.61 bits per heavy atom. The molecule has 0 aliphatic heterocycles. The zero-order valence-electron chi connectivity index (χ0n) is 9.97. The Bertz CT molecular complexity index is 520. The molecule has 1 aliphatic carbocycles. The number of halogens is 1. The number of hydrogen-bond acceptors (Lipinski definition) is 1. The molecule has 18 heavy (non-hydrogen) atoms. The van der Waals surface area contributed by atoms with Crippen molar-refractivity contribution in [3.8, 4) is 5.75 Å². The molecule has 0 amide bonds. The van der Waals surface area contributed by atoms with Crippen LogP contribution in [0.4, 0.5) is 0 Å². The molecule has 1 nitrogen and oxygen atoms in total. The second-order valence-corrected chi connectivity index (χ2v) is 5.05. The summed E-state index contributed by atoms with van der Waals surface area (Å²) in [7, 11) is 0. The van der Waals surface area contributed by atoms with Crippen LogP contribution in [0, 0.1) is 12.0 Å². The maximum atomic E-state index is 6.12. The number of ether oxygens (including phenoxy) is 1. The lowest BCUT2D eigenvalue weighted by Gasteiger charge is -2.19. The highest BCUT2D eigenvalue weighted by atomic mass is 35.5. The Labute approximate surface area is 112 Å². The van der Waals surface area contributed by atoms with Crippen LogP contribution in [0.5, 0.6) is 5.75 Å². The molecule has 2 aromatic rings. The van der Waals surface area contributed by atoms with Gasteiger partial charge in [-0.25, -0.2) is 0 Å². The minimum absolute atomic E-state index is 0.117. The van der Waals surface area contributed by atoms with Gasteiger partial charge in [0, 0.05) is 5.92 Å². The third kappa shape index (κ3) is 2.51. The third-order valence-electron chi connectivity index (χ3n) is 3.21. The third-order valence-corrected chi connectivity index (χ3v) is 3.50. The van der Waals surface area contributed by atoms with E-state index in [0.29, 0.717) is 10.9 Å². The predicted octanol–water partition coefficient (Wildman–Crippen LogP) is 4.67. The van der Waals surface area contributed by atoms with E-state index < -0.39 is 0 Å². The molecule has 3 rings (SSSR count). The zero-order chi connectivity index (χ0) is 12.4. The van der Waals surface area contributed by atoms with E-state index in [0.717, 1.165) is 5.75 Å². The summed E-state index contributed by atoms with van der Waals surface area (Å²) in [6, 6.07) is 18.8. The van der Waals surface area contributed by atoms with Crippen molar-refractivity contribution < 1.29 is 4.74 Å². The second kappa shape index (κ2) is 5.03. The molecule has 1 radical (unpaired) electrons. The summed E-state index contributed by atoms with van der Waals surface area (Å²) in [6.45, 7) is 0. The monoisotopic (exact) mass is 257 g/mol. The molecule has 0 saturated heterocycles. The summed E-state index contributed by atoms with van der Waals surface area (Å²) in [5.74, 6) is 1.36. The van der Waals surface area contributed by atoms with E-state index in [-0.39, 0.29) is 6.10 Å². The highest BCUT2D eigenvalue weighted by Gasteiger charge is 2.34. The van der Waals surface area contributed by atoms with E-state index in [1.54, 1.807) is 6.07 Å². The van der Waals surface area contributed by atoms with Crippen LogP contribution in [0.1, 0.15) is 24.5 Å². The predicted molar refractivity (Wildman–Crippen MR) is 72.8 cm³/mol. The van der Waals surface area contributed by atoms with E-state index in [2.05, 4.69) is 30.3 Å². The van der Waals surface area contributed by atoms with E-state index in [4.69, 9.17) is 16.3 Å². The van der Waals surface area contributed by atoms with Gasteiger partial charge in [0.1, 0.15) is 11.9 Å². The molecule has 0 heterocycles. The zero-order valence-corrected chi connectivity index (χ0v) is 10.7. The standard InChI is InChI=1S/C16H14ClO/c17-14-8-4-5-9-15(14)18-16(13-10-11-13)12-6-2-1-3-7-12/h1-3,5-9,13,16H,10-11H2. The molecule has 1 fully saturated rings. The van der Waals surface area contributed by atoms with Gasteiger partial charge < -0.3 is 4.74 Å². The van der Waals surface area contributed by atoms with Crippen LogP contribution in [0.2, 0.25) is 5.02 Å². The van der Waals surface area contributed by atoms with E-state index in [1.807, 2.05) is 18.2 Å². The average molecular weight is 258 g/mol. The first-order chi connectivity index (χ1) is 8.84. The molecule has 1 unspecified atom stereocenters. The molecule has 0 spiro atoms. The van der Waals surface area contributed by atoms with Gasteiger partial charge in [-0.05, 0) is 36.6 Å². The van der Waals surface area contributed by atoms with E-state index in [9.17, 15) is 0 Å². The number of rotatable bonds is 4. The maximum Gasteiger partial charge on any atom is 0.138 e. The van der Waals surface area contributed by atoms with Crippen molar-refractivity contribution in [3.63, 3.8) is 0 Å². The summed E-state index contributed by atoms with van der Waals surface area (Å²) in [6.07, 6.45) is 2.58. The molecule has 0 N–H and O–H groups in total. The highest BCUT2D eigenvalue weighted by Crippen LogP contribution is 2.44. The molecule has 2 aromatic carbocycles. The second-order valence-electron chi connectivity index (χ2n) is 4.64. The van der Waals surface area contributed by atoms with Crippen LogP contribution < -0.4 is 4.74 Å². The summed E-state index contributed by atoms with van der Waals surface area (Å²) in [5.41, 5.74) is 1.23. The van der Waals surface area contributed by atoms with Crippen LogP contribution in [0.25, 0.3) is 0 Å². The lowest BCUT2D eigenvalue weighted by atomic mass is 10.1. The smallest absolute Gasteiger partial charge is 0.138 e. The summed E-state index contributed by atoms with van der Waals surface area (Å²) in [5, 5.41) is 0.624. The van der Waals surface area contributed by atoms with Crippen LogP contribution in [-0.2, 0) is 0 Å². The van der Waals surface area contributed by atoms with Gasteiger partial charge in [-0.1, -0.05) is 48.0 Å². The fourth-order valence-corrected chi connectivity index (χ4v) is 2.28. The van der Waals surface area contributed by atoms with Crippen molar-refractivity contribution in [1.82, 2.24) is 0 Å². The van der Waals surface area contributed by atoms with Gasteiger partial charge in [-0.3, -0.25) is 0 Å². The SMILES string of the molecule is Clc1c[c]ccc1OC(c1ccccc1)C1CC1. The average Bonchev–Trinajstić information content (AvgIpc) is 3.23. The van der Waals surface area contributed by atoms with Gasteiger partial charge >= 0.3 is 0 Å². The van der Waals surface area contributed by atoms with Crippen LogP contribution in [0.15, 0.2) is 48.5 Å². The Balaban J connectivity index is 1.86. The van der Waals surface area contributed by atoms with Crippen molar-refractivity contribution in [2.75, 3.05) is 0 Å². The quantitative estimate of drug-likeness (QED) is 0.773. The largest absolute Gasteiger partial charge is 0.484 e. The minimum atomic E-state index is 0.117. The van der Waals surface area contributed by atoms with Crippen molar-refractivity contribution in [3.05, 3.63) is 65.2 Å². The first-order valence-corrected chi connectivity index (χ1v) is 6.59. The summed E-state index contributed by atoms with van der Waals surface area (Å²) < 4.78 is 6.10. The van der Waals surface area contributed by atoms with Gasteiger partial charge in [0.25, 0.3) is 0 Å². The molecular formula is C16H14ClO. The van der Waals surface area contributed by atoms with Gasteiger partial charge in [-0.2, -0.15) is 0 Å². The Morgan fingerprint density at radius 2 is 1.94 bits per heavy atom. The van der Waals surface area contributed by atoms with Crippen molar-refractivity contribution >= 4 is 11.6 Å². The fourth-order valence-electron chi connectivity index (χ4n) is 2.11. The Hall–Kier alpha value is -1.47. The summed E-state index contributed by atoms with van der Waals surface area (Å²) >= 11 is 6.12. The van der Waals surface area contributed by atoms with Crippen LogP contribution in [0.3, 0.4) is 0 Å². The molecule has 1 aliphatic rings. The van der Waals surface area contributed by atoms with Crippen LogP contribution >= 0.6 is 11.6 Å². The van der Waals surface area contributed by atoms with Crippen molar-refractivity contribution in [2.24, 2.45) is 5.92 Å². The number of benzene rings is 2. The lowest BCUT2D eigenvalue weighted by Crippen LogP contribution is -2.10. The van der Waals surface area contributed by atoms with Gasteiger partial charge in [0.2, 0.25) is 0 Å². The molecule has 91 valence electrons. The molecule has 1 saturated carbocycles. The first kappa shape index (κ1) is 11.6.